The number of carboxylic acid groups (broad SMARTS) is 1. The fourth-order valence-corrected chi connectivity index (χ4v) is 2.94. The largest absolute Gasteiger partial charge is 0.478 e. The molecule has 5 heteroatoms. The highest BCUT2D eigenvalue weighted by Gasteiger charge is 2.15. The van der Waals surface area contributed by atoms with Crippen molar-refractivity contribution >= 4 is 28.5 Å². The average Bonchev–Trinajstić information content (AvgIpc) is 3.11. The molecule has 0 saturated heterocycles. The number of hydrogen-bond acceptors (Lipinski definition) is 3. The van der Waals surface area contributed by atoms with Crippen LogP contribution in [0.5, 0.6) is 0 Å². The molecule has 2 aromatic heterocycles. The number of aromatic carboxylic acids is 1. The van der Waals surface area contributed by atoms with Crippen LogP contribution in [-0.4, -0.2) is 16.1 Å². The van der Waals surface area contributed by atoms with Crippen LogP contribution >= 0.6 is 11.6 Å². The molecule has 122 valence electrons. The molecule has 0 radical (unpaired) electrons. The molecule has 0 spiro atoms. The second-order valence-corrected chi connectivity index (χ2v) is 5.99. The van der Waals surface area contributed by atoms with E-state index in [1.165, 1.54) is 6.07 Å². The predicted molar refractivity (Wildman–Crippen MR) is 96.9 cm³/mol. The summed E-state index contributed by atoms with van der Waals surface area (Å²) in [5.74, 6) is 0.147. The minimum Gasteiger partial charge on any atom is -0.478 e. The summed E-state index contributed by atoms with van der Waals surface area (Å²) < 4.78 is 5.88. The Kier molecular flexibility index (Phi) is 3.75. The average molecular weight is 350 g/mol. The van der Waals surface area contributed by atoms with Gasteiger partial charge in [0, 0.05) is 16.0 Å². The maximum Gasteiger partial charge on any atom is 0.336 e. The van der Waals surface area contributed by atoms with E-state index in [0.29, 0.717) is 33.1 Å². The summed E-state index contributed by atoms with van der Waals surface area (Å²) in [4.78, 5) is 16.1. The normalized spacial score (nSPS) is 10.9. The molecule has 0 atom stereocenters. The van der Waals surface area contributed by atoms with Gasteiger partial charge in [-0.25, -0.2) is 9.78 Å². The van der Waals surface area contributed by atoms with Crippen molar-refractivity contribution in [2.24, 2.45) is 0 Å². The molecule has 0 amide bonds. The number of furan rings is 1. The summed E-state index contributed by atoms with van der Waals surface area (Å²) >= 11 is 6.02. The van der Waals surface area contributed by atoms with E-state index in [9.17, 15) is 9.90 Å². The number of carbonyl (C=O) groups is 1. The number of para-hydroxylation sites is 1. The zero-order valence-electron chi connectivity index (χ0n) is 12.9. The highest BCUT2D eigenvalue weighted by atomic mass is 35.5. The molecule has 0 unspecified atom stereocenters. The lowest BCUT2D eigenvalue weighted by molar-refractivity contribution is 0.0699. The van der Waals surface area contributed by atoms with E-state index in [1.807, 2.05) is 24.3 Å². The lowest BCUT2D eigenvalue weighted by Gasteiger charge is -2.05. The first kappa shape index (κ1) is 15.4. The third-order valence-electron chi connectivity index (χ3n) is 3.91. The smallest absolute Gasteiger partial charge is 0.336 e. The number of halogens is 1. The molecule has 4 nitrogen and oxygen atoms in total. The Morgan fingerprint density at radius 3 is 2.56 bits per heavy atom. The van der Waals surface area contributed by atoms with Crippen molar-refractivity contribution in [1.29, 1.82) is 0 Å². The Morgan fingerprint density at radius 2 is 1.76 bits per heavy atom. The van der Waals surface area contributed by atoms with Gasteiger partial charge in [-0.05, 0) is 36.4 Å². The van der Waals surface area contributed by atoms with Gasteiger partial charge in [-0.3, -0.25) is 0 Å². The predicted octanol–water partition coefficient (Wildman–Crippen LogP) is 5.51. The quantitative estimate of drug-likeness (QED) is 0.529. The van der Waals surface area contributed by atoms with Crippen LogP contribution in [0.1, 0.15) is 10.4 Å². The third kappa shape index (κ3) is 2.88. The number of rotatable bonds is 3. The molecule has 25 heavy (non-hydrogen) atoms. The third-order valence-corrected chi connectivity index (χ3v) is 4.15. The molecule has 0 saturated carbocycles. The van der Waals surface area contributed by atoms with Crippen molar-refractivity contribution in [2.45, 2.75) is 0 Å². The fourth-order valence-electron chi connectivity index (χ4n) is 2.75. The lowest BCUT2D eigenvalue weighted by atomic mass is 10.1. The maximum atomic E-state index is 11.6. The minimum atomic E-state index is -0.999. The van der Waals surface area contributed by atoms with Crippen LogP contribution in [0.3, 0.4) is 0 Å². The molecule has 4 rings (SSSR count). The second-order valence-electron chi connectivity index (χ2n) is 5.55. The van der Waals surface area contributed by atoms with E-state index in [2.05, 4.69) is 4.98 Å². The first-order valence-electron chi connectivity index (χ1n) is 7.61. The van der Waals surface area contributed by atoms with Crippen LogP contribution in [0.25, 0.3) is 33.7 Å². The van der Waals surface area contributed by atoms with E-state index in [-0.39, 0.29) is 5.56 Å². The summed E-state index contributed by atoms with van der Waals surface area (Å²) in [6.07, 6.45) is 0. The minimum absolute atomic E-state index is 0.196. The van der Waals surface area contributed by atoms with Gasteiger partial charge in [0.25, 0.3) is 0 Å². The molecule has 2 aromatic carbocycles. The number of benzene rings is 2. The Bertz CT molecular complexity index is 1100. The summed E-state index contributed by atoms with van der Waals surface area (Å²) in [5, 5.41) is 10.7. The van der Waals surface area contributed by atoms with Gasteiger partial charge >= 0.3 is 5.97 Å². The van der Waals surface area contributed by atoms with Crippen LogP contribution in [-0.2, 0) is 0 Å². The highest BCUT2D eigenvalue weighted by molar-refractivity contribution is 6.30. The van der Waals surface area contributed by atoms with Crippen LogP contribution < -0.4 is 0 Å². The van der Waals surface area contributed by atoms with Crippen LogP contribution in [0, 0.1) is 0 Å². The molecular weight excluding hydrogens is 338 g/mol. The summed E-state index contributed by atoms with van der Waals surface area (Å²) in [5.41, 5.74) is 2.13. The monoisotopic (exact) mass is 349 g/mol. The lowest BCUT2D eigenvalue weighted by Crippen LogP contribution is -1.99. The highest BCUT2D eigenvalue weighted by Crippen LogP contribution is 2.31. The SMILES string of the molecule is O=C(O)c1cc(-c2ccc(-c3cccc(Cl)c3)o2)nc2ccccc12. The van der Waals surface area contributed by atoms with Gasteiger partial charge in [0.05, 0.1) is 11.1 Å². The Hall–Kier alpha value is -3.11. The zero-order chi connectivity index (χ0) is 17.4. The topological polar surface area (TPSA) is 63.3 Å². The first-order chi connectivity index (χ1) is 12.1. The first-order valence-corrected chi connectivity index (χ1v) is 7.99. The van der Waals surface area contributed by atoms with E-state index in [1.54, 1.807) is 36.4 Å². The van der Waals surface area contributed by atoms with Crippen molar-refractivity contribution in [2.75, 3.05) is 0 Å². The number of pyridine rings is 1. The Morgan fingerprint density at radius 1 is 0.960 bits per heavy atom. The number of fused-ring (bicyclic) bond motifs is 1. The van der Waals surface area contributed by atoms with Gasteiger partial charge in [-0.1, -0.05) is 41.9 Å². The summed E-state index contributed by atoms with van der Waals surface area (Å²) in [7, 11) is 0. The molecule has 0 fully saturated rings. The van der Waals surface area contributed by atoms with Crippen LogP contribution in [0.15, 0.2) is 71.1 Å². The van der Waals surface area contributed by atoms with E-state index in [0.717, 1.165) is 5.56 Å². The Balaban J connectivity index is 1.84. The fraction of sp³-hybridized carbons (Fsp3) is 0. The van der Waals surface area contributed by atoms with E-state index >= 15 is 0 Å². The molecular formula is C20H12ClNO3. The summed E-state index contributed by atoms with van der Waals surface area (Å²) in [6, 6.07) is 19.6. The van der Waals surface area contributed by atoms with Crippen LogP contribution in [0.2, 0.25) is 5.02 Å². The van der Waals surface area contributed by atoms with Crippen molar-refractivity contribution in [3.05, 3.63) is 77.3 Å². The van der Waals surface area contributed by atoms with Crippen molar-refractivity contribution in [1.82, 2.24) is 4.98 Å². The second kappa shape index (κ2) is 6.07. The molecule has 0 bridgehead atoms. The van der Waals surface area contributed by atoms with Gasteiger partial charge in [0.15, 0.2) is 5.76 Å². The molecule has 0 aliphatic carbocycles. The van der Waals surface area contributed by atoms with E-state index < -0.39 is 5.97 Å². The molecule has 4 aromatic rings. The summed E-state index contributed by atoms with van der Waals surface area (Å²) in [6.45, 7) is 0. The molecule has 0 aliphatic heterocycles. The molecule has 2 heterocycles. The van der Waals surface area contributed by atoms with Crippen molar-refractivity contribution in [3.8, 4) is 22.8 Å². The van der Waals surface area contributed by atoms with Gasteiger partial charge in [-0.2, -0.15) is 0 Å². The van der Waals surface area contributed by atoms with Gasteiger partial charge < -0.3 is 9.52 Å². The van der Waals surface area contributed by atoms with E-state index in [4.69, 9.17) is 16.0 Å². The van der Waals surface area contributed by atoms with Gasteiger partial charge in [0.1, 0.15) is 11.5 Å². The molecule has 0 aliphatic rings. The number of carboxylic acids is 1. The number of hydrogen-bond donors (Lipinski definition) is 1. The van der Waals surface area contributed by atoms with Gasteiger partial charge in [-0.15, -0.1) is 0 Å². The molecule has 1 N–H and O–H groups in total. The van der Waals surface area contributed by atoms with Crippen molar-refractivity contribution in [3.63, 3.8) is 0 Å². The maximum absolute atomic E-state index is 11.6. The zero-order valence-corrected chi connectivity index (χ0v) is 13.7. The Labute approximate surface area is 148 Å². The number of nitrogens with zero attached hydrogens (tertiary/aromatic N) is 1. The number of aromatic nitrogens is 1. The standard InChI is InChI=1S/C20H12ClNO3/c21-13-5-3-4-12(10-13)18-8-9-19(25-18)17-11-15(20(23)24)14-6-1-2-7-16(14)22-17/h1-11H,(H,23,24). The van der Waals surface area contributed by atoms with Crippen LogP contribution in [0.4, 0.5) is 0 Å². The van der Waals surface area contributed by atoms with Crippen molar-refractivity contribution < 1.29 is 14.3 Å². The van der Waals surface area contributed by atoms with Gasteiger partial charge in [0.2, 0.25) is 0 Å².